The summed E-state index contributed by atoms with van der Waals surface area (Å²) in [5.41, 5.74) is 0.780. The first-order chi connectivity index (χ1) is 5.70. The zero-order valence-electron chi connectivity index (χ0n) is 7.55. The average molecular weight is 173 g/mol. The summed E-state index contributed by atoms with van der Waals surface area (Å²) in [4.78, 5) is 10.6. The van der Waals surface area contributed by atoms with Gasteiger partial charge in [0.25, 0.3) is 0 Å². The molecule has 1 N–H and O–H groups in total. The minimum atomic E-state index is -0.298. The molecule has 0 atom stereocenters. The maximum atomic E-state index is 10.6. The molecule has 0 rings (SSSR count). The summed E-state index contributed by atoms with van der Waals surface area (Å²) in [6.07, 6.45) is 0.702. The first kappa shape index (κ1) is 11.0. The van der Waals surface area contributed by atoms with E-state index in [1.807, 2.05) is 0 Å². The van der Waals surface area contributed by atoms with Crippen LogP contribution in [0.25, 0.3) is 0 Å². The van der Waals surface area contributed by atoms with Crippen molar-refractivity contribution in [1.82, 2.24) is 5.32 Å². The number of carbonyl (C=O) groups is 1. The van der Waals surface area contributed by atoms with Crippen LogP contribution in [0.2, 0.25) is 0 Å². The monoisotopic (exact) mass is 173 g/mol. The Morgan fingerprint density at radius 3 is 2.67 bits per heavy atom. The van der Waals surface area contributed by atoms with Crippen LogP contribution in [0, 0.1) is 0 Å². The van der Waals surface area contributed by atoms with Crippen LogP contribution in [0.3, 0.4) is 0 Å². The van der Waals surface area contributed by atoms with E-state index in [4.69, 9.17) is 4.74 Å². The summed E-state index contributed by atoms with van der Waals surface area (Å²) in [5, 5.41) is 2.82. The van der Waals surface area contributed by atoms with Gasteiger partial charge in [0.2, 0.25) is 0 Å². The SMILES string of the molecule is C=C(CCOC)NCC(=O)OC. The summed E-state index contributed by atoms with van der Waals surface area (Å²) in [5.74, 6) is -0.298. The van der Waals surface area contributed by atoms with E-state index in [0.29, 0.717) is 13.0 Å². The second kappa shape index (κ2) is 6.67. The van der Waals surface area contributed by atoms with Crippen LogP contribution in [0.4, 0.5) is 0 Å². The van der Waals surface area contributed by atoms with Crippen molar-refractivity contribution in [3.05, 3.63) is 12.3 Å². The highest BCUT2D eigenvalue weighted by Crippen LogP contribution is 1.91. The Labute approximate surface area is 72.5 Å². The number of hydrogen-bond acceptors (Lipinski definition) is 4. The van der Waals surface area contributed by atoms with Gasteiger partial charge < -0.3 is 14.8 Å². The van der Waals surface area contributed by atoms with E-state index >= 15 is 0 Å². The topological polar surface area (TPSA) is 47.6 Å². The molecular formula is C8H15NO3. The molecule has 0 aromatic heterocycles. The van der Waals surface area contributed by atoms with E-state index in [2.05, 4.69) is 16.6 Å². The highest BCUT2D eigenvalue weighted by atomic mass is 16.5. The fraction of sp³-hybridized carbons (Fsp3) is 0.625. The van der Waals surface area contributed by atoms with Crippen LogP contribution in [0.5, 0.6) is 0 Å². The molecule has 4 heteroatoms. The van der Waals surface area contributed by atoms with Crippen molar-refractivity contribution < 1.29 is 14.3 Å². The number of nitrogens with one attached hydrogen (secondary N) is 1. The molecule has 70 valence electrons. The van der Waals surface area contributed by atoms with Gasteiger partial charge in [-0.3, -0.25) is 4.79 Å². The third-order valence-electron chi connectivity index (χ3n) is 1.32. The molecule has 4 nitrogen and oxygen atoms in total. The van der Waals surface area contributed by atoms with E-state index < -0.39 is 0 Å². The molecular weight excluding hydrogens is 158 g/mol. The van der Waals surface area contributed by atoms with Gasteiger partial charge in [0.1, 0.15) is 6.54 Å². The number of methoxy groups -OCH3 is 2. The van der Waals surface area contributed by atoms with E-state index in [1.54, 1.807) is 7.11 Å². The van der Waals surface area contributed by atoms with Gasteiger partial charge in [-0.05, 0) is 0 Å². The van der Waals surface area contributed by atoms with E-state index in [1.165, 1.54) is 7.11 Å². The number of carbonyl (C=O) groups excluding carboxylic acids is 1. The van der Waals surface area contributed by atoms with Crippen LogP contribution in [-0.2, 0) is 14.3 Å². The summed E-state index contributed by atoms with van der Waals surface area (Å²) in [7, 11) is 2.97. The number of hydrogen-bond donors (Lipinski definition) is 1. The fourth-order valence-corrected chi connectivity index (χ4v) is 0.583. The summed E-state index contributed by atoms with van der Waals surface area (Å²) in [6.45, 7) is 4.47. The molecule has 0 saturated heterocycles. The van der Waals surface area contributed by atoms with Crippen LogP contribution < -0.4 is 5.32 Å². The van der Waals surface area contributed by atoms with E-state index in [-0.39, 0.29) is 12.5 Å². The van der Waals surface area contributed by atoms with Gasteiger partial charge in [-0.1, -0.05) is 6.58 Å². The number of rotatable bonds is 6. The van der Waals surface area contributed by atoms with Gasteiger partial charge in [-0.25, -0.2) is 0 Å². The highest BCUT2D eigenvalue weighted by Gasteiger charge is 1.99. The second-order valence-electron chi connectivity index (χ2n) is 2.28. The number of ether oxygens (including phenoxy) is 2. The summed E-state index contributed by atoms with van der Waals surface area (Å²) in [6, 6.07) is 0. The van der Waals surface area contributed by atoms with Crippen LogP contribution in [0.15, 0.2) is 12.3 Å². The van der Waals surface area contributed by atoms with Crippen molar-refractivity contribution in [3.63, 3.8) is 0 Å². The van der Waals surface area contributed by atoms with Crippen molar-refractivity contribution in [2.45, 2.75) is 6.42 Å². The Morgan fingerprint density at radius 2 is 2.17 bits per heavy atom. The molecule has 0 spiro atoms. The Morgan fingerprint density at radius 1 is 1.50 bits per heavy atom. The van der Waals surface area contributed by atoms with Crippen molar-refractivity contribution in [2.24, 2.45) is 0 Å². The zero-order valence-corrected chi connectivity index (χ0v) is 7.55. The third kappa shape index (κ3) is 5.73. The van der Waals surface area contributed by atoms with Crippen molar-refractivity contribution in [1.29, 1.82) is 0 Å². The first-order valence-electron chi connectivity index (χ1n) is 3.68. The van der Waals surface area contributed by atoms with Crippen molar-refractivity contribution in [2.75, 3.05) is 27.4 Å². The fourth-order valence-electron chi connectivity index (χ4n) is 0.583. The van der Waals surface area contributed by atoms with Crippen molar-refractivity contribution in [3.8, 4) is 0 Å². The lowest BCUT2D eigenvalue weighted by Crippen LogP contribution is -2.23. The molecule has 0 aromatic carbocycles. The minimum absolute atomic E-state index is 0.166. The lowest BCUT2D eigenvalue weighted by Gasteiger charge is -2.06. The highest BCUT2D eigenvalue weighted by molar-refractivity contribution is 5.71. The number of esters is 1. The molecule has 0 amide bonds. The first-order valence-corrected chi connectivity index (χ1v) is 3.68. The van der Waals surface area contributed by atoms with Gasteiger partial charge in [0.15, 0.2) is 0 Å². The quantitative estimate of drug-likeness (QED) is 0.587. The Kier molecular flexibility index (Phi) is 6.09. The van der Waals surface area contributed by atoms with Gasteiger partial charge in [0, 0.05) is 19.2 Å². The van der Waals surface area contributed by atoms with Gasteiger partial charge in [0.05, 0.1) is 13.7 Å². The molecule has 0 bridgehead atoms. The smallest absolute Gasteiger partial charge is 0.325 e. The predicted molar refractivity (Wildman–Crippen MR) is 45.7 cm³/mol. The molecule has 0 aliphatic heterocycles. The minimum Gasteiger partial charge on any atom is -0.468 e. The molecule has 12 heavy (non-hydrogen) atoms. The Hall–Kier alpha value is -1.03. The average Bonchev–Trinajstić information content (AvgIpc) is 2.10. The zero-order chi connectivity index (χ0) is 9.40. The molecule has 0 heterocycles. The largest absolute Gasteiger partial charge is 0.468 e. The molecule has 0 aliphatic carbocycles. The van der Waals surface area contributed by atoms with Gasteiger partial charge in [-0.15, -0.1) is 0 Å². The maximum absolute atomic E-state index is 10.6. The van der Waals surface area contributed by atoms with E-state index in [0.717, 1.165) is 5.70 Å². The van der Waals surface area contributed by atoms with Crippen LogP contribution in [-0.4, -0.2) is 33.3 Å². The molecule has 0 saturated carbocycles. The summed E-state index contributed by atoms with van der Waals surface area (Å²) >= 11 is 0. The normalized spacial score (nSPS) is 9.17. The maximum Gasteiger partial charge on any atom is 0.325 e. The van der Waals surface area contributed by atoms with Crippen LogP contribution in [0.1, 0.15) is 6.42 Å². The molecule has 0 unspecified atom stereocenters. The third-order valence-corrected chi connectivity index (χ3v) is 1.32. The molecule has 0 aromatic rings. The lowest BCUT2D eigenvalue weighted by atomic mass is 10.3. The molecule has 0 radical (unpaired) electrons. The Balaban J connectivity index is 3.37. The van der Waals surface area contributed by atoms with Gasteiger partial charge in [-0.2, -0.15) is 0 Å². The molecule has 0 aliphatic rings. The van der Waals surface area contributed by atoms with Gasteiger partial charge >= 0.3 is 5.97 Å². The van der Waals surface area contributed by atoms with Crippen LogP contribution >= 0.6 is 0 Å². The summed E-state index contributed by atoms with van der Waals surface area (Å²) < 4.78 is 9.26. The predicted octanol–water partition coefficient (Wildman–Crippen LogP) is 0.299. The molecule has 0 fully saturated rings. The lowest BCUT2D eigenvalue weighted by molar-refractivity contribution is -0.139. The van der Waals surface area contributed by atoms with Crippen molar-refractivity contribution >= 4 is 5.97 Å². The van der Waals surface area contributed by atoms with E-state index in [9.17, 15) is 4.79 Å². The Bertz CT molecular complexity index is 156. The standard InChI is InChI=1S/C8H15NO3/c1-7(4-5-11-2)9-6-8(10)12-3/h9H,1,4-6H2,2-3H3. The second-order valence-corrected chi connectivity index (χ2v) is 2.28.